The highest BCUT2D eigenvalue weighted by atomic mass is 16.6. The summed E-state index contributed by atoms with van der Waals surface area (Å²) < 4.78 is 1.58. The van der Waals surface area contributed by atoms with Crippen molar-refractivity contribution in [3.63, 3.8) is 0 Å². The Labute approximate surface area is 133 Å². The van der Waals surface area contributed by atoms with Crippen molar-refractivity contribution in [1.82, 2.24) is 4.73 Å². The van der Waals surface area contributed by atoms with Crippen molar-refractivity contribution in [2.75, 3.05) is 7.11 Å². The molecule has 0 atom stereocenters. The average molecular weight is 303 g/mol. The van der Waals surface area contributed by atoms with Crippen molar-refractivity contribution < 1.29 is 9.94 Å². The van der Waals surface area contributed by atoms with Crippen LogP contribution in [-0.2, 0) is 6.61 Å². The van der Waals surface area contributed by atoms with Crippen LogP contribution in [0.4, 0.5) is 0 Å². The van der Waals surface area contributed by atoms with Crippen molar-refractivity contribution in [1.29, 1.82) is 10.5 Å². The lowest BCUT2D eigenvalue weighted by Gasteiger charge is -2.09. The predicted molar refractivity (Wildman–Crippen MR) is 85.2 cm³/mol. The van der Waals surface area contributed by atoms with Gasteiger partial charge in [-0.25, -0.2) is 0 Å². The number of benzene rings is 2. The summed E-state index contributed by atoms with van der Waals surface area (Å²) >= 11 is 0. The molecule has 3 rings (SSSR count). The number of hydrogen-bond donors (Lipinski definition) is 1. The molecule has 23 heavy (non-hydrogen) atoms. The van der Waals surface area contributed by atoms with Gasteiger partial charge in [0.25, 0.3) is 0 Å². The van der Waals surface area contributed by atoms with Crippen LogP contribution in [0.1, 0.15) is 16.7 Å². The van der Waals surface area contributed by atoms with E-state index in [1.807, 2.05) is 42.5 Å². The Morgan fingerprint density at radius 3 is 2.30 bits per heavy atom. The fourth-order valence-electron chi connectivity index (χ4n) is 2.79. The zero-order valence-electron chi connectivity index (χ0n) is 12.4. The third-order valence-corrected chi connectivity index (χ3v) is 3.80. The van der Waals surface area contributed by atoms with E-state index in [0.29, 0.717) is 22.2 Å². The van der Waals surface area contributed by atoms with E-state index in [4.69, 9.17) is 4.84 Å². The Morgan fingerprint density at radius 1 is 1.09 bits per heavy atom. The second-order valence-corrected chi connectivity index (χ2v) is 4.97. The molecular formula is C18H13N3O2. The summed E-state index contributed by atoms with van der Waals surface area (Å²) in [5.41, 5.74) is 3.46. The number of nitrogens with zero attached hydrogens (tertiary/aromatic N) is 3. The SMILES string of the molecule is COn1c(-c2ccccc2)c(CO)c2cc(C#N)c(C#N)cc21. The van der Waals surface area contributed by atoms with Crippen molar-refractivity contribution in [2.24, 2.45) is 0 Å². The minimum absolute atomic E-state index is 0.201. The number of aliphatic hydroxyl groups excluding tert-OH is 1. The Hall–Kier alpha value is -3.28. The molecule has 0 saturated heterocycles. The van der Waals surface area contributed by atoms with Gasteiger partial charge in [0.1, 0.15) is 19.2 Å². The standard InChI is InChI=1S/C18H13N3O2/c1-23-21-17-8-14(10-20)13(9-19)7-15(17)16(11-22)18(21)12-5-3-2-4-6-12/h2-8,22H,11H2,1H3. The molecule has 0 aliphatic rings. The molecule has 0 aliphatic carbocycles. The lowest BCUT2D eigenvalue weighted by Crippen LogP contribution is -2.07. The monoisotopic (exact) mass is 303 g/mol. The molecule has 1 aromatic heterocycles. The third kappa shape index (κ3) is 2.20. The van der Waals surface area contributed by atoms with Crippen molar-refractivity contribution in [2.45, 2.75) is 6.61 Å². The van der Waals surface area contributed by atoms with E-state index < -0.39 is 0 Å². The van der Waals surface area contributed by atoms with E-state index in [2.05, 4.69) is 0 Å². The number of nitriles is 2. The van der Waals surface area contributed by atoms with Gasteiger partial charge < -0.3 is 9.94 Å². The first-order chi connectivity index (χ1) is 11.2. The number of hydrogen-bond acceptors (Lipinski definition) is 4. The maximum absolute atomic E-state index is 9.86. The van der Waals surface area contributed by atoms with Crippen molar-refractivity contribution >= 4 is 10.9 Å². The smallest absolute Gasteiger partial charge is 0.104 e. The highest BCUT2D eigenvalue weighted by Crippen LogP contribution is 2.34. The molecule has 2 aromatic carbocycles. The van der Waals surface area contributed by atoms with E-state index in [1.165, 1.54) is 7.11 Å². The summed E-state index contributed by atoms with van der Waals surface area (Å²) in [5, 5.41) is 29.0. The molecule has 1 N–H and O–H groups in total. The first-order valence-corrected chi connectivity index (χ1v) is 6.97. The van der Waals surface area contributed by atoms with E-state index in [0.717, 1.165) is 5.56 Å². The normalized spacial score (nSPS) is 10.3. The molecular weight excluding hydrogens is 290 g/mol. The molecule has 0 bridgehead atoms. The molecule has 0 saturated carbocycles. The first-order valence-electron chi connectivity index (χ1n) is 6.97. The molecule has 3 aromatic rings. The highest BCUT2D eigenvalue weighted by Gasteiger charge is 2.20. The molecule has 0 amide bonds. The van der Waals surface area contributed by atoms with Gasteiger partial charge in [0, 0.05) is 16.5 Å². The number of aromatic nitrogens is 1. The third-order valence-electron chi connectivity index (χ3n) is 3.80. The van der Waals surface area contributed by atoms with Crippen LogP contribution < -0.4 is 4.84 Å². The molecule has 112 valence electrons. The van der Waals surface area contributed by atoms with Crippen molar-refractivity contribution in [3.05, 3.63) is 59.2 Å². The number of fused-ring (bicyclic) bond motifs is 1. The lowest BCUT2D eigenvalue weighted by atomic mass is 10.0. The fourth-order valence-corrected chi connectivity index (χ4v) is 2.79. The van der Waals surface area contributed by atoms with E-state index in [-0.39, 0.29) is 17.7 Å². The lowest BCUT2D eigenvalue weighted by molar-refractivity contribution is 0.182. The van der Waals surface area contributed by atoms with Crippen LogP contribution in [0, 0.1) is 22.7 Å². The topological polar surface area (TPSA) is 82.0 Å². The zero-order chi connectivity index (χ0) is 16.4. The first kappa shape index (κ1) is 14.6. The number of rotatable bonds is 3. The van der Waals surface area contributed by atoms with Gasteiger partial charge in [-0.15, -0.1) is 0 Å². The Balaban J connectivity index is 2.46. The van der Waals surface area contributed by atoms with Crippen LogP contribution in [-0.4, -0.2) is 16.9 Å². The minimum atomic E-state index is -0.201. The van der Waals surface area contributed by atoms with Gasteiger partial charge in [-0.3, -0.25) is 0 Å². The van der Waals surface area contributed by atoms with E-state index in [9.17, 15) is 15.6 Å². The molecule has 0 radical (unpaired) electrons. The molecule has 1 heterocycles. The van der Waals surface area contributed by atoms with Crippen LogP contribution in [0.25, 0.3) is 22.2 Å². The molecule has 0 spiro atoms. The van der Waals surface area contributed by atoms with Gasteiger partial charge >= 0.3 is 0 Å². The fraction of sp³-hybridized carbons (Fsp3) is 0.111. The quantitative estimate of drug-likeness (QED) is 0.806. The Bertz CT molecular complexity index is 901. The maximum atomic E-state index is 9.86. The maximum Gasteiger partial charge on any atom is 0.104 e. The van der Waals surface area contributed by atoms with Crippen molar-refractivity contribution in [3.8, 4) is 23.4 Å². The molecule has 0 unspecified atom stereocenters. The van der Waals surface area contributed by atoms with Gasteiger partial charge in [0.15, 0.2) is 0 Å². The molecule has 0 fully saturated rings. The van der Waals surface area contributed by atoms with Gasteiger partial charge in [0.2, 0.25) is 0 Å². The average Bonchev–Trinajstić information content (AvgIpc) is 2.93. The van der Waals surface area contributed by atoms with Gasteiger partial charge in [-0.1, -0.05) is 30.3 Å². The van der Waals surface area contributed by atoms with Crippen LogP contribution in [0.15, 0.2) is 42.5 Å². The van der Waals surface area contributed by atoms with Crippen LogP contribution >= 0.6 is 0 Å². The van der Waals surface area contributed by atoms with Crippen LogP contribution in [0.5, 0.6) is 0 Å². The second-order valence-electron chi connectivity index (χ2n) is 4.97. The second kappa shape index (κ2) is 5.84. The van der Waals surface area contributed by atoms with Gasteiger partial charge in [0.05, 0.1) is 28.9 Å². The molecule has 5 heteroatoms. The number of aliphatic hydroxyl groups is 1. The Kier molecular flexibility index (Phi) is 3.72. The highest BCUT2D eigenvalue weighted by molar-refractivity contribution is 5.93. The summed E-state index contributed by atoms with van der Waals surface area (Å²) in [4.78, 5) is 5.48. The molecule has 5 nitrogen and oxygen atoms in total. The summed E-state index contributed by atoms with van der Waals surface area (Å²) in [6.07, 6.45) is 0. The largest absolute Gasteiger partial charge is 0.416 e. The van der Waals surface area contributed by atoms with Gasteiger partial charge in [-0.05, 0) is 12.1 Å². The molecule has 0 aliphatic heterocycles. The Morgan fingerprint density at radius 2 is 1.74 bits per heavy atom. The van der Waals surface area contributed by atoms with Crippen LogP contribution in [0.2, 0.25) is 0 Å². The predicted octanol–water partition coefficient (Wildman–Crippen LogP) is 2.60. The minimum Gasteiger partial charge on any atom is -0.416 e. The summed E-state index contributed by atoms with van der Waals surface area (Å²) in [7, 11) is 1.53. The van der Waals surface area contributed by atoms with Gasteiger partial charge in [-0.2, -0.15) is 15.3 Å². The summed E-state index contributed by atoms with van der Waals surface area (Å²) in [6.45, 7) is -0.201. The van der Waals surface area contributed by atoms with E-state index in [1.54, 1.807) is 16.9 Å². The zero-order valence-corrected chi connectivity index (χ0v) is 12.4. The van der Waals surface area contributed by atoms with Crippen LogP contribution in [0.3, 0.4) is 0 Å². The summed E-state index contributed by atoms with van der Waals surface area (Å²) in [5.74, 6) is 0. The van der Waals surface area contributed by atoms with E-state index >= 15 is 0 Å². The summed E-state index contributed by atoms with van der Waals surface area (Å²) in [6, 6.07) is 16.8.